The van der Waals surface area contributed by atoms with Crippen molar-refractivity contribution < 1.29 is 23.4 Å². The van der Waals surface area contributed by atoms with Crippen molar-refractivity contribution in [2.45, 2.75) is 26.1 Å². The van der Waals surface area contributed by atoms with Gasteiger partial charge >= 0.3 is 0 Å². The molecule has 0 aliphatic heterocycles. The zero-order chi connectivity index (χ0) is 24.6. The maximum Gasteiger partial charge on any atom is 0.222 e. The SMILES string of the molecule is CCOC[C@@H](O)CN(Cc1ccco1)Cc1c(-c2ccccc2)nn(C)c1Oc1ccccc1F. The first-order valence-electron chi connectivity index (χ1n) is 11.6. The van der Waals surface area contributed by atoms with Crippen LogP contribution in [0.2, 0.25) is 0 Å². The number of ether oxygens (including phenoxy) is 2. The summed E-state index contributed by atoms with van der Waals surface area (Å²) >= 11 is 0. The average molecular weight is 480 g/mol. The Morgan fingerprint density at radius 1 is 1.06 bits per heavy atom. The van der Waals surface area contributed by atoms with Gasteiger partial charge in [-0.15, -0.1) is 0 Å². The average Bonchev–Trinajstić information content (AvgIpc) is 3.48. The minimum absolute atomic E-state index is 0.116. The number of para-hydroxylation sites is 1. The van der Waals surface area contributed by atoms with Crippen LogP contribution < -0.4 is 4.74 Å². The van der Waals surface area contributed by atoms with E-state index in [4.69, 9.17) is 19.0 Å². The predicted molar refractivity (Wildman–Crippen MR) is 130 cm³/mol. The van der Waals surface area contributed by atoms with Gasteiger partial charge in [-0.3, -0.25) is 4.90 Å². The molecule has 0 unspecified atom stereocenters. The first kappa shape index (κ1) is 24.7. The van der Waals surface area contributed by atoms with Gasteiger partial charge in [-0.25, -0.2) is 9.07 Å². The Bertz CT molecular complexity index is 1190. The van der Waals surface area contributed by atoms with Crippen LogP contribution in [-0.4, -0.2) is 45.6 Å². The maximum absolute atomic E-state index is 14.4. The Kier molecular flexibility index (Phi) is 8.31. The molecule has 0 amide bonds. The molecule has 0 spiro atoms. The molecule has 8 heteroatoms. The molecule has 0 aliphatic rings. The van der Waals surface area contributed by atoms with Crippen molar-refractivity contribution in [3.63, 3.8) is 0 Å². The second-order valence-corrected chi connectivity index (χ2v) is 8.22. The number of hydrogen-bond acceptors (Lipinski definition) is 6. The number of aromatic nitrogens is 2. The van der Waals surface area contributed by atoms with Crippen molar-refractivity contribution in [3.8, 4) is 22.9 Å². The van der Waals surface area contributed by atoms with Crippen LogP contribution in [0.4, 0.5) is 4.39 Å². The summed E-state index contributed by atoms with van der Waals surface area (Å²) in [5.41, 5.74) is 2.41. The summed E-state index contributed by atoms with van der Waals surface area (Å²) in [5.74, 6) is 0.846. The number of benzene rings is 2. The Morgan fingerprint density at radius 2 is 1.83 bits per heavy atom. The molecular formula is C27H30FN3O4. The lowest BCUT2D eigenvalue weighted by atomic mass is 10.1. The summed E-state index contributed by atoms with van der Waals surface area (Å²) in [7, 11) is 1.77. The van der Waals surface area contributed by atoms with E-state index in [0.717, 1.165) is 22.6 Å². The van der Waals surface area contributed by atoms with Gasteiger partial charge in [0.1, 0.15) is 11.5 Å². The molecule has 4 rings (SSSR count). The first-order chi connectivity index (χ1) is 17.0. The highest BCUT2D eigenvalue weighted by atomic mass is 19.1. The van der Waals surface area contributed by atoms with Gasteiger partial charge in [0.05, 0.1) is 31.1 Å². The van der Waals surface area contributed by atoms with E-state index in [1.54, 1.807) is 36.2 Å². The quantitative estimate of drug-likeness (QED) is 0.308. The fourth-order valence-electron chi connectivity index (χ4n) is 3.92. The molecule has 35 heavy (non-hydrogen) atoms. The van der Waals surface area contributed by atoms with Gasteiger partial charge in [0.25, 0.3) is 0 Å². The van der Waals surface area contributed by atoms with Crippen LogP contribution in [0.15, 0.2) is 77.4 Å². The van der Waals surface area contributed by atoms with E-state index in [1.807, 2.05) is 54.3 Å². The van der Waals surface area contributed by atoms with Crippen molar-refractivity contribution in [2.75, 3.05) is 19.8 Å². The molecule has 1 atom stereocenters. The van der Waals surface area contributed by atoms with Gasteiger partial charge in [0.15, 0.2) is 11.6 Å². The smallest absolute Gasteiger partial charge is 0.222 e. The summed E-state index contributed by atoms with van der Waals surface area (Å²) in [5, 5.41) is 15.3. The highest BCUT2D eigenvalue weighted by molar-refractivity contribution is 5.65. The number of aliphatic hydroxyl groups is 1. The van der Waals surface area contributed by atoms with Crippen molar-refractivity contribution in [3.05, 3.63) is 90.1 Å². The molecule has 0 bridgehead atoms. The van der Waals surface area contributed by atoms with Crippen LogP contribution in [0.25, 0.3) is 11.3 Å². The zero-order valence-corrected chi connectivity index (χ0v) is 19.9. The normalized spacial score (nSPS) is 12.3. The highest BCUT2D eigenvalue weighted by Gasteiger charge is 2.24. The van der Waals surface area contributed by atoms with E-state index >= 15 is 0 Å². The van der Waals surface area contributed by atoms with Crippen LogP contribution >= 0.6 is 0 Å². The fourth-order valence-corrected chi connectivity index (χ4v) is 3.92. The number of hydrogen-bond donors (Lipinski definition) is 1. The van der Waals surface area contributed by atoms with E-state index in [-0.39, 0.29) is 12.4 Å². The number of rotatable bonds is 12. The second-order valence-electron chi connectivity index (χ2n) is 8.22. The van der Waals surface area contributed by atoms with Gasteiger partial charge in [-0.1, -0.05) is 42.5 Å². The topological polar surface area (TPSA) is 72.9 Å². The molecule has 1 N–H and O–H groups in total. The van der Waals surface area contributed by atoms with E-state index in [2.05, 4.69) is 0 Å². The second kappa shape index (κ2) is 11.8. The van der Waals surface area contributed by atoms with Crippen LogP contribution in [0.5, 0.6) is 11.6 Å². The molecule has 2 aromatic carbocycles. The lowest BCUT2D eigenvalue weighted by Crippen LogP contribution is -2.34. The minimum atomic E-state index is -0.697. The van der Waals surface area contributed by atoms with Gasteiger partial charge in [-0.05, 0) is 31.2 Å². The maximum atomic E-state index is 14.4. The number of aliphatic hydroxyl groups excluding tert-OH is 1. The molecule has 7 nitrogen and oxygen atoms in total. The largest absolute Gasteiger partial charge is 0.468 e. The standard InChI is InChI=1S/C27H30FN3O4/c1-3-33-19-21(32)16-31(17-22-12-9-15-34-22)18-23-26(20-10-5-4-6-11-20)29-30(2)27(23)35-25-14-8-7-13-24(25)28/h4-15,21,32H,3,16-19H2,1-2H3/t21-/m0/s1. The molecule has 0 radical (unpaired) electrons. The van der Waals surface area contributed by atoms with Crippen molar-refractivity contribution >= 4 is 0 Å². The van der Waals surface area contributed by atoms with Gasteiger partial charge in [0, 0.05) is 32.3 Å². The fraction of sp³-hybridized carbons (Fsp3) is 0.296. The summed E-state index contributed by atoms with van der Waals surface area (Å²) in [6, 6.07) is 19.8. The van der Waals surface area contributed by atoms with Gasteiger partial charge in [0.2, 0.25) is 5.88 Å². The molecule has 0 saturated carbocycles. The van der Waals surface area contributed by atoms with Crippen LogP contribution in [0, 0.1) is 5.82 Å². The number of furan rings is 1. The predicted octanol–water partition coefficient (Wildman–Crippen LogP) is 5.01. The minimum Gasteiger partial charge on any atom is -0.468 e. The third-order valence-corrected chi connectivity index (χ3v) is 5.50. The van der Waals surface area contributed by atoms with Crippen molar-refractivity contribution in [2.24, 2.45) is 7.05 Å². The van der Waals surface area contributed by atoms with Gasteiger partial charge < -0.3 is 19.0 Å². The van der Waals surface area contributed by atoms with Crippen LogP contribution in [-0.2, 0) is 24.9 Å². The Balaban J connectivity index is 1.71. The lowest BCUT2D eigenvalue weighted by molar-refractivity contribution is 0.0167. The Labute approximate surface area is 204 Å². The van der Waals surface area contributed by atoms with E-state index in [9.17, 15) is 9.50 Å². The van der Waals surface area contributed by atoms with Crippen molar-refractivity contribution in [1.29, 1.82) is 0 Å². The lowest BCUT2D eigenvalue weighted by Gasteiger charge is -2.24. The summed E-state index contributed by atoms with van der Waals surface area (Å²) < 4.78 is 33.1. The first-order valence-corrected chi connectivity index (χ1v) is 11.6. The molecule has 2 aromatic heterocycles. The third-order valence-electron chi connectivity index (χ3n) is 5.50. The molecule has 0 fully saturated rings. The van der Waals surface area contributed by atoms with Crippen molar-refractivity contribution in [1.82, 2.24) is 14.7 Å². The molecular weight excluding hydrogens is 449 g/mol. The van der Waals surface area contributed by atoms with Crippen LogP contribution in [0.1, 0.15) is 18.2 Å². The number of aryl methyl sites for hydroxylation is 1. The molecule has 4 aromatic rings. The number of halogens is 1. The molecule has 184 valence electrons. The van der Waals surface area contributed by atoms with E-state index in [0.29, 0.717) is 32.1 Å². The third kappa shape index (κ3) is 6.36. The monoisotopic (exact) mass is 479 g/mol. The molecule has 0 aliphatic carbocycles. The number of nitrogens with zero attached hydrogens (tertiary/aromatic N) is 3. The summed E-state index contributed by atoms with van der Waals surface area (Å²) in [6.07, 6.45) is 0.925. The van der Waals surface area contributed by atoms with E-state index in [1.165, 1.54) is 6.07 Å². The summed E-state index contributed by atoms with van der Waals surface area (Å²) in [6.45, 7) is 3.81. The Morgan fingerprint density at radius 3 is 2.54 bits per heavy atom. The van der Waals surface area contributed by atoms with E-state index < -0.39 is 11.9 Å². The summed E-state index contributed by atoms with van der Waals surface area (Å²) in [4.78, 5) is 2.04. The van der Waals surface area contributed by atoms with Gasteiger partial charge in [-0.2, -0.15) is 5.10 Å². The molecule has 0 saturated heterocycles. The Hall–Kier alpha value is -3.46. The van der Waals surface area contributed by atoms with Crippen LogP contribution in [0.3, 0.4) is 0 Å². The highest BCUT2D eigenvalue weighted by Crippen LogP contribution is 2.35. The zero-order valence-electron chi connectivity index (χ0n) is 19.9. The molecule has 2 heterocycles.